The summed E-state index contributed by atoms with van der Waals surface area (Å²) in [5, 5.41) is -0.0592. The van der Waals surface area contributed by atoms with E-state index in [1.54, 1.807) is 0 Å². The van der Waals surface area contributed by atoms with E-state index in [-0.39, 0.29) is 5.38 Å². The Bertz CT molecular complexity index is 529. The van der Waals surface area contributed by atoms with E-state index >= 15 is 0 Å². The predicted octanol–water partition coefficient (Wildman–Crippen LogP) is 4.94. The third-order valence-electron chi connectivity index (χ3n) is 3.17. The topological polar surface area (TPSA) is 0 Å². The molecule has 0 aliphatic heterocycles. The van der Waals surface area contributed by atoms with Gasteiger partial charge in [0.1, 0.15) is 0 Å². The Morgan fingerprint density at radius 1 is 0.824 bits per heavy atom. The van der Waals surface area contributed by atoms with Crippen molar-refractivity contribution in [2.45, 2.75) is 26.1 Å². The van der Waals surface area contributed by atoms with Crippen molar-refractivity contribution >= 4 is 11.6 Å². The van der Waals surface area contributed by atoms with Crippen LogP contribution in [0.1, 0.15) is 33.2 Å². The predicted molar refractivity (Wildman–Crippen MR) is 74.8 cm³/mol. The minimum atomic E-state index is -0.0592. The van der Waals surface area contributed by atoms with Gasteiger partial charge in [-0.3, -0.25) is 0 Å². The summed E-state index contributed by atoms with van der Waals surface area (Å²) in [6, 6.07) is 14.7. The molecule has 2 aromatic rings. The molecule has 0 radical (unpaired) electrons. The second-order valence-corrected chi connectivity index (χ2v) is 5.02. The first-order valence-electron chi connectivity index (χ1n) is 5.86. The first kappa shape index (κ1) is 12.2. The van der Waals surface area contributed by atoms with Gasteiger partial charge in [0.05, 0.1) is 5.38 Å². The monoisotopic (exact) mass is 244 g/mol. The zero-order valence-electron chi connectivity index (χ0n) is 10.5. The SMILES string of the molecule is Cc1ccc(C)c(C(Cl)c2ccccc2C)c1. The molecule has 0 N–H and O–H groups in total. The van der Waals surface area contributed by atoms with Crippen LogP contribution in [0.25, 0.3) is 0 Å². The smallest absolute Gasteiger partial charge is 0.0840 e. The van der Waals surface area contributed by atoms with Gasteiger partial charge in [-0.2, -0.15) is 0 Å². The van der Waals surface area contributed by atoms with E-state index in [0.29, 0.717) is 0 Å². The van der Waals surface area contributed by atoms with Crippen molar-refractivity contribution in [1.29, 1.82) is 0 Å². The normalized spacial score (nSPS) is 12.5. The fourth-order valence-corrected chi connectivity index (χ4v) is 2.55. The summed E-state index contributed by atoms with van der Waals surface area (Å²) in [5.41, 5.74) is 6.15. The van der Waals surface area contributed by atoms with E-state index in [2.05, 4.69) is 51.1 Å². The molecule has 0 amide bonds. The standard InChI is InChI=1S/C16H17Cl/c1-11-8-9-13(3)15(10-11)16(17)14-7-5-4-6-12(14)2/h4-10,16H,1-3H3. The minimum absolute atomic E-state index is 0.0592. The van der Waals surface area contributed by atoms with Crippen molar-refractivity contribution in [3.63, 3.8) is 0 Å². The van der Waals surface area contributed by atoms with Crippen LogP contribution in [-0.2, 0) is 0 Å². The zero-order valence-corrected chi connectivity index (χ0v) is 11.3. The van der Waals surface area contributed by atoms with Crippen molar-refractivity contribution in [3.05, 3.63) is 70.3 Å². The van der Waals surface area contributed by atoms with E-state index in [4.69, 9.17) is 11.6 Å². The van der Waals surface area contributed by atoms with Crippen molar-refractivity contribution in [1.82, 2.24) is 0 Å². The molecule has 0 fully saturated rings. The molecule has 0 saturated heterocycles. The second-order valence-electron chi connectivity index (χ2n) is 4.58. The Morgan fingerprint density at radius 2 is 1.47 bits per heavy atom. The van der Waals surface area contributed by atoms with Gasteiger partial charge in [-0.05, 0) is 43.0 Å². The quantitative estimate of drug-likeness (QED) is 0.657. The first-order valence-corrected chi connectivity index (χ1v) is 6.30. The number of aryl methyl sites for hydroxylation is 3. The van der Waals surface area contributed by atoms with Crippen LogP contribution in [0, 0.1) is 20.8 Å². The van der Waals surface area contributed by atoms with E-state index in [9.17, 15) is 0 Å². The largest absolute Gasteiger partial charge is 0.113 e. The third kappa shape index (κ3) is 2.53. The van der Waals surface area contributed by atoms with Crippen LogP contribution in [0.4, 0.5) is 0 Å². The summed E-state index contributed by atoms with van der Waals surface area (Å²) < 4.78 is 0. The Kier molecular flexibility index (Phi) is 3.54. The lowest BCUT2D eigenvalue weighted by Gasteiger charge is -2.16. The molecule has 1 heteroatoms. The van der Waals surface area contributed by atoms with E-state index in [0.717, 1.165) is 0 Å². The summed E-state index contributed by atoms with van der Waals surface area (Å²) in [6.45, 7) is 6.32. The van der Waals surface area contributed by atoms with Crippen molar-refractivity contribution in [2.75, 3.05) is 0 Å². The average Bonchev–Trinajstić information content (AvgIpc) is 2.32. The molecule has 88 valence electrons. The highest BCUT2D eigenvalue weighted by Crippen LogP contribution is 2.33. The van der Waals surface area contributed by atoms with Crippen LogP contribution < -0.4 is 0 Å². The van der Waals surface area contributed by atoms with Crippen molar-refractivity contribution in [3.8, 4) is 0 Å². The lowest BCUT2D eigenvalue weighted by Crippen LogP contribution is -1.99. The molecule has 0 spiro atoms. The summed E-state index contributed by atoms with van der Waals surface area (Å²) in [4.78, 5) is 0. The molecule has 0 nitrogen and oxygen atoms in total. The maximum Gasteiger partial charge on any atom is 0.0840 e. The molecule has 0 aliphatic rings. The number of alkyl halides is 1. The molecule has 2 rings (SSSR count). The van der Waals surface area contributed by atoms with E-state index in [1.807, 2.05) is 12.1 Å². The number of halogens is 1. The molecule has 0 aliphatic carbocycles. The Balaban J connectivity index is 2.47. The number of hydrogen-bond donors (Lipinski definition) is 0. The highest BCUT2D eigenvalue weighted by Gasteiger charge is 2.14. The average molecular weight is 245 g/mol. The molecule has 0 aromatic heterocycles. The second kappa shape index (κ2) is 4.93. The molecule has 17 heavy (non-hydrogen) atoms. The van der Waals surface area contributed by atoms with Crippen molar-refractivity contribution in [2.24, 2.45) is 0 Å². The lowest BCUT2D eigenvalue weighted by atomic mass is 9.96. The van der Waals surface area contributed by atoms with Crippen LogP contribution in [-0.4, -0.2) is 0 Å². The fraction of sp³-hybridized carbons (Fsp3) is 0.250. The van der Waals surface area contributed by atoms with Crippen LogP contribution in [0.2, 0.25) is 0 Å². The number of rotatable bonds is 2. The van der Waals surface area contributed by atoms with Gasteiger partial charge in [0.25, 0.3) is 0 Å². The molecular weight excluding hydrogens is 228 g/mol. The van der Waals surface area contributed by atoms with Gasteiger partial charge in [0, 0.05) is 0 Å². The third-order valence-corrected chi connectivity index (χ3v) is 3.64. The summed E-state index contributed by atoms with van der Waals surface area (Å²) in [7, 11) is 0. The molecule has 2 aromatic carbocycles. The van der Waals surface area contributed by atoms with Gasteiger partial charge in [-0.25, -0.2) is 0 Å². The molecule has 1 unspecified atom stereocenters. The summed E-state index contributed by atoms with van der Waals surface area (Å²) in [5.74, 6) is 0. The molecule has 0 bridgehead atoms. The first-order chi connectivity index (χ1) is 8.09. The molecule has 0 heterocycles. The van der Waals surface area contributed by atoms with Gasteiger partial charge in [0.15, 0.2) is 0 Å². The van der Waals surface area contributed by atoms with Crippen LogP contribution in [0.15, 0.2) is 42.5 Å². The van der Waals surface area contributed by atoms with Crippen LogP contribution in [0.3, 0.4) is 0 Å². The zero-order chi connectivity index (χ0) is 12.4. The minimum Gasteiger partial charge on any atom is -0.113 e. The van der Waals surface area contributed by atoms with E-state index < -0.39 is 0 Å². The number of hydrogen-bond acceptors (Lipinski definition) is 0. The van der Waals surface area contributed by atoms with Crippen LogP contribution in [0.5, 0.6) is 0 Å². The Morgan fingerprint density at radius 3 is 2.18 bits per heavy atom. The van der Waals surface area contributed by atoms with Gasteiger partial charge < -0.3 is 0 Å². The highest BCUT2D eigenvalue weighted by molar-refractivity contribution is 6.22. The van der Waals surface area contributed by atoms with Crippen molar-refractivity contribution < 1.29 is 0 Å². The molecular formula is C16H17Cl. The maximum atomic E-state index is 6.61. The summed E-state index contributed by atoms with van der Waals surface area (Å²) >= 11 is 6.61. The Hall–Kier alpha value is -1.27. The molecule has 1 atom stereocenters. The van der Waals surface area contributed by atoms with E-state index in [1.165, 1.54) is 27.8 Å². The summed E-state index contributed by atoms with van der Waals surface area (Å²) in [6.07, 6.45) is 0. The van der Waals surface area contributed by atoms with Gasteiger partial charge in [0.2, 0.25) is 0 Å². The lowest BCUT2D eigenvalue weighted by molar-refractivity contribution is 1.08. The fourth-order valence-electron chi connectivity index (χ4n) is 2.07. The number of benzene rings is 2. The van der Waals surface area contributed by atoms with Gasteiger partial charge in [-0.1, -0.05) is 48.0 Å². The van der Waals surface area contributed by atoms with Gasteiger partial charge >= 0.3 is 0 Å². The Labute approximate surface area is 108 Å². The van der Waals surface area contributed by atoms with Crippen LogP contribution >= 0.6 is 11.6 Å². The molecule has 0 saturated carbocycles. The highest BCUT2D eigenvalue weighted by atomic mass is 35.5. The maximum absolute atomic E-state index is 6.61. The van der Waals surface area contributed by atoms with Gasteiger partial charge in [-0.15, -0.1) is 11.6 Å².